The van der Waals surface area contributed by atoms with E-state index >= 15 is 0 Å². The first-order valence-electron chi connectivity index (χ1n) is 6.26. The molecule has 2 N–H and O–H groups in total. The Morgan fingerprint density at radius 2 is 2.26 bits per heavy atom. The van der Waals surface area contributed by atoms with Crippen LogP contribution in [0.4, 0.5) is 4.39 Å². The van der Waals surface area contributed by atoms with Crippen LogP contribution >= 0.6 is 0 Å². The van der Waals surface area contributed by atoms with E-state index in [9.17, 15) is 9.18 Å². The summed E-state index contributed by atoms with van der Waals surface area (Å²) in [6.45, 7) is 2.57. The summed E-state index contributed by atoms with van der Waals surface area (Å²) in [6.07, 6.45) is 0.782. The SMILES string of the molecule is COc1ccc(CC(=O)NCC(C)CCO)cc1F. The molecule has 0 bridgehead atoms. The van der Waals surface area contributed by atoms with Crippen molar-refractivity contribution in [1.29, 1.82) is 0 Å². The summed E-state index contributed by atoms with van der Waals surface area (Å²) in [5.41, 5.74) is 0.602. The second-order valence-corrected chi connectivity index (χ2v) is 4.57. The summed E-state index contributed by atoms with van der Waals surface area (Å²) < 4.78 is 18.2. The molecule has 0 saturated carbocycles. The summed E-state index contributed by atoms with van der Waals surface area (Å²) in [7, 11) is 1.40. The largest absolute Gasteiger partial charge is 0.494 e. The molecule has 0 radical (unpaired) electrons. The fraction of sp³-hybridized carbons (Fsp3) is 0.500. The zero-order chi connectivity index (χ0) is 14.3. The van der Waals surface area contributed by atoms with Gasteiger partial charge in [-0.2, -0.15) is 0 Å². The molecule has 0 aromatic heterocycles. The Labute approximate surface area is 112 Å². The van der Waals surface area contributed by atoms with E-state index in [-0.39, 0.29) is 30.6 Å². The summed E-state index contributed by atoms with van der Waals surface area (Å²) in [5, 5.41) is 11.5. The van der Waals surface area contributed by atoms with Crippen molar-refractivity contribution in [3.8, 4) is 5.75 Å². The summed E-state index contributed by atoms with van der Waals surface area (Å²) >= 11 is 0. The number of rotatable bonds is 7. The van der Waals surface area contributed by atoms with Gasteiger partial charge in [-0.05, 0) is 30.0 Å². The number of nitrogens with one attached hydrogen (secondary N) is 1. The number of aliphatic hydroxyl groups is 1. The molecule has 1 aromatic carbocycles. The van der Waals surface area contributed by atoms with Crippen LogP contribution in [0.3, 0.4) is 0 Å². The predicted molar refractivity (Wildman–Crippen MR) is 70.5 cm³/mol. The minimum Gasteiger partial charge on any atom is -0.494 e. The average Bonchev–Trinajstić information content (AvgIpc) is 2.37. The molecule has 1 atom stereocenters. The molecular weight excluding hydrogens is 249 g/mol. The van der Waals surface area contributed by atoms with Crippen molar-refractivity contribution in [3.05, 3.63) is 29.6 Å². The maximum absolute atomic E-state index is 13.4. The average molecular weight is 269 g/mol. The lowest BCUT2D eigenvalue weighted by Crippen LogP contribution is -2.29. The third-order valence-corrected chi connectivity index (χ3v) is 2.85. The number of hydrogen-bond donors (Lipinski definition) is 2. The first-order valence-corrected chi connectivity index (χ1v) is 6.26. The lowest BCUT2D eigenvalue weighted by atomic mass is 10.1. The highest BCUT2D eigenvalue weighted by atomic mass is 19.1. The van der Waals surface area contributed by atoms with Gasteiger partial charge in [-0.15, -0.1) is 0 Å². The van der Waals surface area contributed by atoms with E-state index in [0.29, 0.717) is 18.5 Å². The molecule has 19 heavy (non-hydrogen) atoms. The normalized spacial score (nSPS) is 12.0. The first-order chi connectivity index (χ1) is 9.06. The van der Waals surface area contributed by atoms with E-state index in [1.54, 1.807) is 6.07 Å². The second kappa shape index (κ2) is 7.74. The molecule has 106 valence electrons. The van der Waals surface area contributed by atoms with E-state index in [1.165, 1.54) is 19.2 Å². The maximum Gasteiger partial charge on any atom is 0.224 e. The number of hydrogen-bond acceptors (Lipinski definition) is 3. The molecule has 4 nitrogen and oxygen atoms in total. The molecule has 0 aliphatic carbocycles. The molecule has 5 heteroatoms. The summed E-state index contributed by atoms with van der Waals surface area (Å²) in [5.74, 6) is -0.238. The highest BCUT2D eigenvalue weighted by Crippen LogP contribution is 2.17. The van der Waals surface area contributed by atoms with Crippen molar-refractivity contribution in [2.45, 2.75) is 19.8 Å². The minimum absolute atomic E-state index is 0.112. The van der Waals surface area contributed by atoms with Gasteiger partial charge in [-0.3, -0.25) is 4.79 Å². The van der Waals surface area contributed by atoms with Crippen LogP contribution in [0.25, 0.3) is 0 Å². The van der Waals surface area contributed by atoms with Crippen molar-refractivity contribution >= 4 is 5.91 Å². The van der Waals surface area contributed by atoms with Gasteiger partial charge in [-0.25, -0.2) is 4.39 Å². The third-order valence-electron chi connectivity index (χ3n) is 2.85. The molecule has 0 heterocycles. The Balaban J connectivity index is 2.46. The number of carbonyl (C=O) groups excluding carboxylic acids is 1. The zero-order valence-corrected chi connectivity index (χ0v) is 11.3. The molecule has 0 saturated heterocycles. The van der Waals surface area contributed by atoms with E-state index in [4.69, 9.17) is 9.84 Å². The number of ether oxygens (including phenoxy) is 1. The Morgan fingerprint density at radius 3 is 2.84 bits per heavy atom. The first kappa shape index (κ1) is 15.4. The van der Waals surface area contributed by atoms with Crippen LogP contribution in [0.1, 0.15) is 18.9 Å². The quantitative estimate of drug-likeness (QED) is 0.789. The molecule has 1 unspecified atom stereocenters. The molecule has 0 fully saturated rings. The van der Waals surface area contributed by atoms with Crippen LogP contribution in [0.2, 0.25) is 0 Å². The second-order valence-electron chi connectivity index (χ2n) is 4.57. The van der Waals surface area contributed by atoms with Crippen molar-refractivity contribution < 1.29 is 19.0 Å². The highest BCUT2D eigenvalue weighted by Gasteiger charge is 2.09. The van der Waals surface area contributed by atoms with E-state index < -0.39 is 5.82 Å². The van der Waals surface area contributed by atoms with Gasteiger partial charge in [0, 0.05) is 13.2 Å². The predicted octanol–water partition coefficient (Wildman–Crippen LogP) is 1.51. The highest BCUT2D eigenvalue weighted by molar-refractivity contribution is 5.78. The van der Waals surface area contributed by atoms with Gasteiger partial charge in [0.2, 0.25) is 5.91 Å². The summed E-state index contributed by atoms with van der Waals surface area (Å²) in [4.78, 5) is 11.7. The number of benzene rings is 1. The van der Waals surface area contributed by atoms with E-state index in [2.05, 4.69) is 5.32 Å². The number of amides is 1. The monoisotopic (exact) mass is 269 g/mol. The molecule has 0 spiro atoms. The number of carbonyl (C=O) groups is 1. The lowest BCUT2D eigenvalue weighted by molar-refractivity contribution is -0.120. The maximum atomic E-state index is 13.4. The Morgan fingerprint density at radius 1 is 1.53 bits per heavy atom. The van der Waals surface area contributed by atoms with Crippen LogP contribution in [0, 0.1) is 11.7 Å². The van der Waals surface area contributed by atoms with Crippen LogP contribution < -0.4 is 10.1 Å². The number of methoxy groups -OCH3 is 1. The number of aliphatic hydroxyl groups excluding tert-OH is 1. The minimum atomic E-state index is -0.471. The third kappa shape index (κ3) is 5.26. The smallest absolute Gasteiger partial charge is 0.224 e. The van der Waals surface area contributed by atoms with E-state index in [0.717, 1.165) is 0 Å². The molecule has 1 rings (SSSR count). The molecule has 1 aromatic rings. The van der Waals surface area contributed by atoms with Crippen molar-refractivity contribution in [3.63, 3.8) is 0 Å². The van der Waals surface area contributed by atoms with Crippen molar-refractivity contribution in [2.24, 2.45) is 5.92 Å². The molecule has 0 aliphatic heterocycles. The Kier molecular flexibility index (Phi) is 6.29. The van der Waals surface area contributed by atoms with Crippen molar-refractivity contribution in [1.82, 2.24) is 5.32 Å². The van der Waals surface area contributed by atoms with Gasteiger partial charge < -0.3 is 15.2 Å². The topological polar surface area (TPSA) is 58.6 Å². The molecule has 0 aliphatic rings. The Bertz CT molecular complexity index is 423. The fourth-order valence-electron chi connectivity index (χ4n) is 1.68. The van der Waals surface area contributed by atoms with Gasteiger partial charge in [0.1, 0.15) is 0 Å². The molecule has 1 amide bonds. The van der Waals surface area contributed by atoms with Crippen LogP contribution in [0.5, 0.6) is 5.75 Å². The number of halogens is 1. The van der Waals surface area contributed by atoms with E-state index in [1.807, 2.05) is 6.92 Å². The van der Waals surface area contributed by atoms with Gasteiger partial charge in [-0.1, -0.05) is 13.0 Å². The molecular formula is C14H20FNO3. The standard InChI is InChI=1S/C14H20FNO3/c1-10(5-6-17)9-16-14(18)8-11-3-4-13(19-2)12(15)7-11/h3-4,7,10,17H,5-6,8-9H2,1-2H3,(H,16,18). The van der Waals surface area contributed by atoms with Crippen LogP contribution in [-0.4, -0.2) is 31.3 Å². The zero-order valence-electron chi connectivity index (χ0n) is 11.3. The van der Waals surface area contributed by atoms with Crippen LogP contribution in [0.15, 0.2) is 18.2 Å². The van der Waals surface area contributed by atoms with Gasteiger partial charge in [0.15, 0.2) is 11.6 Å². The van der Waals surface area contributed by atoms with Gasteiger partial charge in [0.25, 0.3) is 0 Å². The lowest BCUT2D eigenvalue weighted by Gasteiger charge is -2.11. The van der Waals surface area contributed by atoms with Crippen molar-refractivity contribution in [2.75, 3.05) is 20.3 Å². The van der Waals surface area contributed by atoms with Crippen LogP contribution in [-0.2, 0) is 11.2 Å². The fourth-order valence-corrected chi connectivity index (χ4v) is 1.68. The summed E-state index contributed by atoms with van der Waals surface area (Å²) in [6, 6.07) is 4.47. The van der Waals surface area contributed by atoms with Gasteiger partial charge in [0.05, 0.1) is 13.5 Å². The Hall–Kier alpha value is -1.62. The van der Waals surface area contributed by atoms with Gasteiger partial charge >= 0.3 is 0 Å².